The molecule has 2 rings (SSSR count). The van der Waals surface area contributed by atoms with Crippen molar-refractivity contribution in [3.05, 3.63) is 23.8 Å². The third kappa shape index (κ3) is 2.92. The normalized spacial score (nSPS) is 19.9. The second kappa shape index (κ2) is 5.27. The van der Waals surface area contributed by atoms with E-state index in [1.165, 1.54) is 0 Å². The molecule has 1 aromatic rings. The Morgan fingerprint density at radius 1 is 1.50 bits per heavy atom. The summed E-state index contributed by atoms with van der Waals surface area (Å²) in [6.07, 6.45) is 1.13. The van der Waals surface area contributed by atoms with Crippen molar-refractivity contribution in [2.24, 2.45) is 5.92 Å². The van der Waals surface area contributed by atoms with Crippen LogP contribution in [0.2, 0.25) is 0 Å². The monoisotopic (exact) mass is 248 g/mol. The molecule has 0 aromatic heterocycles. The molecule has 1 fully saturated rings. The highest BCUT2D eigenvalue weighted by molar-refractivity contribution is 5.99. The minimum atomic E-state index is -0.123. The molecule has 1 unspecified atom stereocenters. The minimum Gasteiger partial charge on any atom is -0.399 e. The summed E-state index contributed by atoms with van der Waals surface area (Å²) in [5.41, 5.74) is 12.9. The zero-order valence-corrected chi connectivity index (χ0v) is 10.6. The zero-order chi connectivity index (χ0) is 13.1. The average Bonchev–Trinajstić information content (AvgIpc) is 2.72. The Balaban J connectivity index is 1.91. The van der Waals surface area contributed by atoms with Crippen LogP contribution < -0.4 is 16.8 Å². The number of rotatable bonds is 3. The van der Waals surface area contributed by atoms with E-state index in [1.54, 1.807) is 18.2 Å². The lowest BCUT2D eigenvalue weighted by Crippen LogP contribution is -2.30. The molecule has 0 spiro atoms. The summed E-state index contributed by atoms with van der Waals surface area (Å²) >= 11 is 0. The molecule has 1 heterocycles. The fraction of sp³-hybridized carbons (Fsp3) is 0.462. The van der Waals surface area contributed by atoms with Gasteiger partial charge in [0.1, 0.15) is 0 Å². The van der Waals surface area contributed by atoms with Gasteiger partial charge in [-0.2, -0.15) is 0 Å². The lowest BCUT2D eigenvalue weighted by molar-refractivity contribution is 0.0948. The molecule has 98 valence electrons. The molecule has 5 N–H and O–H groups in total. The summed E-state index contributed by atoms with van der Waals surface area (Å²) in [4.78, 5) is 14.2. The molecular weight excluding hydrogens is 228 g/mol. The summed E-state index contributed by atoms with van der Waals surface area (Å²) in [5, 5.41) is 2.94. The molecule has 0 bridgehead atoms. The van der Waals surface area contributed by atoms with Gasteiger partial charge in [0.05, 0.1) is 5.56 Å². The van der Waals surface area contributed by atoms with E-state index in [-0.39, 0.29) is 5.91 Å². The number of nitrogens with zero attached hydrogens (tertiary/aromatic N) is 1. The Kier molecular flexibility index (Phi) is 3.72. The van der Waals surface area contributed by atoms with E-state index in [2.05, 4.69) is 17.3 Å². The van der Waals surface area contributed by atoms with E-state index in [1.807, 2.05) is 0 Å². The number of nitrogen functional groups attached to an aromatic ring is 2. The van der Waals surface area contributed by atoms with E-state index in [4.69, 9.17) is 11.5 Å². The van der Waals surface area contributed by atoms with E-state index in [9.17, 15) is 4.79 Å². The lowest BCUT2D eigenvalue weighted by Gasteiger charge is -2.12. The molecule has 1 atom stereocenters. The molecule has 1 aliphatic heterocycles. The van der Waals surface area contributed by atoms with Crippen LogP contribution in [0.25, 0.3) is 0 Å². The summed E-state index contributed by atoms with van der Waals surface area (Å²) in [7, 11) is 2.10. The largest absolute Gasteiger partial charge is 0.399 e. The molecule has 0 saturated carbocycles. The van der Waals surface area contributed by atoms with Crippen molar-refractivity contribution in [2.75, 3.05) is 38.1 Å². The van der Waals surface area contributed by atoms with Crippen molar-refractivity contribution < 1.29 is 4.79 Å². The van der Waals surface area contributed by atoms with Crippen molar-refractivity contribution >= 4 is 17.3 Å². The number of carbonyl (C=O) groups is 1. The quantitative estimate of drug-likeness (QED) is 0.681. The van der Waals surface area contributed by atoms with Crippen LogP contribution in [0.15, 0.2) is 18.2 Å². The second-order valence-electron chi connectivity index (χ2n) is 4.97. The number of anilines is 2. The summed E-state index contributed by atoms with van der Waals surface area (Å²) in [6.45, 7) is 2.84. The lowest BCUT2D eigenvalue weighted by atomic mass is 10.1. The van der Waals surface area contributed by atoms with Crippen molar-refractivity contribution in [1.29, 1.82) is 0 Å². The zero-order valence-electron chi connectivity index (χ0n) is 10.6. The Labute approximate surface area is 107 Å². The maximum absolute atomic E-state index is 12.0. The highest BCUT2D eigenvalue weighted by atomic mass is 16.1. The van der Waals surface area contributed by atoms with Gasteiger partial charge in [-0.05, 0) is 44.1 Å². The number of nitrogens with two attached hydrogens (primary N) is 2. The van der Waals surface area contributed by atoms with Crippen LogP contribution in [-0.4, -0.2) is 37.5 Å². The number of carbonyl (C=O) groups excluding carboxylic acids is 1. The van der Waals surface area contributed by atoms with Crippen molar-refractivity contribution in [3.63, 3.8) is 0 Å². The highest BCUT2D eigenvalue weighted by Crippen LogP contribution is 2.16. The van der Waals surface area contributed by atoms with Crippen LogP contribution in [0, 0.1) is 5.92 Å². The predicted molar refractivity (Wildman–Crippen MR) is 73.2 cm³/mol. The molecule has 1 aromatic carbocycles. The van der Waals surface area contributed by atoms with Gasteiger partial charge in [0.15, 0.2) is 0 Å². The molecule has 5 heteroatoms. The molecule has 0 aliphatic carbocycles. The van der Waals surface area contributed by atoms with E-state index < -0.39 is 0 Å². The molecule has 18 heavy (non-hydrogen) atoms. The standard InChI is InChI=1S/C13H20N4O/c1-17-5-4-9(8-17)7-16-13(18)11-3-2-10(14)6-12(11)15/h2-3,6,9H,4-5,7-8,14-15H2,1H3,(H,16,18). The van der Waals surface area contributed by atoms with Gasteiger partial charge in [-0.3, -0.25) is 4.79 Å². The topological polar surface area (TPSA) is 84.4 Å². The van der Waals surface area contributed by atoms with E-state index >= 15 is 0 Å². The Morgan fingerprint density at radius 3 is 2.89 bits per heavy atom. The average molecular weight is 248 g/mol. The van der Waals surface area contributed by atoms with Crippen LogP contribution in [0.4, 0.5) is 11.4 Å². The van der Waals surface area contributed by atoms with Crippen molar-refractivity contribution in [2.45, 2.75) is 6.42 Å². The van der Waals surface area contributed by atoms with Crippen LogP contribution in [0.3, 0.4) is 0 Å². The first kappa shape index (κ1) is 12.7. The van der Waals surface area contributed by atoms with Crippen LogP contribution in [-0.2, 0) is 0 Å². The maximum Gasteiger partial charge on any atom is 0.253 e. The van der Waals surface area contributed by atoms with E-state index in [0.717, 1.165) is 19.5 Å². The van der Waals surface area contributed by atoms with Gasteiger partial charge in [0.2, 0.25) is 0 Å². The highest BCUT2D eigenvalue weighted by Gasteiger charge is 2.20. The molecule has 5 nitrogen and oxygen atoms in total. The molecular formula is C13H20N4O. The van der Waals surface area contributed by atoms with Crippen LogP contribution in [0.1, 0.15) is 16.8 Å². The minimum absolute atomic E-state index is 0.123. The molecule has 1 saturated heterocycles. The van der Waals surface area contributed by atoms with Gasteiger partial charge in [-0.15, -0.1) is 0 Å². The number of benzene rings is 1. The summed E-state index contributed by atoms with van der Waals surface area (Å²) < 4.78 is 0. The van der Waals surface area contributed by atoms with Gasteiger partial charge >= 0.3 is 0 Å². The maximum atomic E-state index is 12.0. The number of nitrogens with one attached hydrogen (secondary N) is 1. The van der Waals surface area contributed by atoms with Crippen LogP contribution in [0.5, 0.6) is 0 Å². The smallest absolute Gasteiger partial charge is 0.253 e. The van der Waals surface area contributed by atoms with Crippen LogP contribution >= 0.6 is 0 Å². The van der Waals surface area contributed by atoms with Gasteiger partial charge in [0.25, 0.3) is 5.91 Å². The predicted octanol–water partition coefficient (Wildman–Crippen LogP) is 0.533. The van der Waals surface area contributed by atoms with Crippen molar-refractivity contribution in [3.8, 4) is 0 Å². The van der Waals surface area contributed by atoms with E-state index in [0.29, 0.717) is 29.4 Å². The summed E-state index contributed by atoms with van der Waals surface area (Å²) in [6, 6.07) is 4.97. The third-order valence-electron chi connectivity index (χ3n) is 3.36. The number of hydrogen-bond acceptors (Lipinski definition) is 4. The fourth-order valence-electron chi connectivity index (χ4n) is 2.31. The SMILES string of the molecule is CN1CCC(CNC(=O)c2ccc(N)cc2N)C1. The molecule has 0 radical (unpaired) electrons. The Bertz CT molecular complexity index is 447. The number of likely N-dealkylation sites (tertiary alicyclic amines) is 1. The first-order chi connectivity index (χ1) is 8.56. The Hall–Kier alpha value is -1.75. The molecule has 1 aliphatic rings. The van der Waals surface area contributed by atoms with Gasteiger partial charge in [0, 0.05) is 24.5 Å². The second-order valence-corrected chi connectivity index (χ2v) is 4.97. The van der Waals surface area contributed by atoms with Crippen molar-refractivity contribution in [1.82, 2.24) is 10.2 Å². The summed E-state index contributed by atoms with van der Waals surface area (Å²) in [5.74, 6) is 0.413. The van der Waals surface area contributed by atoms with Gasteiger partial charge in [-0.25, -0.2) is 0 Å². The third-order valence-corrected chi connectivity index (χ3v) is 3.36. The first-order valence-electron chi connectivity index (χ1n) is 6.18. The number of amides is 1. The Morgan fingerprint density at radius 2 is 2.28 bits per heavy atom. The number of hydrogen-bond donors (Lipinski definition) is 3. The fourth-order valence-corrected chi connectivity index (χ4v) is 2.31. The first-order valence-corrected chi connectivity index (χ1v) is 6.18. The van der Waals surface area contributed by atoms with Gasteiger partial charge in [-0.1, -0.05) is 0 Å². The van der Waals surface area contributed by atoms with Gasteiger partial charge < -0.3 is 21.7 Å². The molecule has 1 amide bonds.